The van der Waals surface area contributed by atoms with Crippen LogP contribution in [0.3, 0.4) is 0 Å². The third-order valence-electron chi connectivity index (χ3n) is 7.43. The molecule has 0 aliphatic heterocycles. The number of thiophene rings is 1. The first-order valence-electron chi connectivity index (χ1n) is 13.1. The maximum Gasteiger partial charge on any atom is 0.270 e. The number of nitrogens with one attached hydrogen (secondary N) is 1. The van der Waals surface area contributed by atoms with Crippen molar-refractivity contribution in [1.29, 1.82) is 0 Å². The number of hydrogen-bond donors (Lipinski definition) is 1. The average molecular weight is 576 g/mol. The Morgan fingerprint density at radius 1 is 1.18 bits per heavy atom. The zero-order valence-electron chi connectivity index (χ0n) is 22.8. The Bertz CT molecular complexity index is 1610. The monoisotopic (exact) mass is 575 g/mol. The Morgan fingerprint density at radius 2 is 1.93 bits per heavy atom. The summed E-state index contributed by atoms with van der Waals surface area (Å²) in [6.45, 7) is 8.67. The Morgan fingerprint density at radius 3 is 2.62 bits per heavy atom. The fourth-order valence-corrected chi connectivity index (χ4v) is 6.44. The molecule has 0 fully saturated rings. The third kappa shape index (κ3) is 5.88. The van der Waals surface area contributed by atoms with Crippen LogP contribution in [0.2, 0.25) is 5.02 Å². The number of anilines is 1. The predicted molar refractivity (Wildman–Crippen MR) is 161 cm³/mol. The molecule has 2 aromatic heterocycles. The smallest absolute Gasteiger partial charge is 0.270 e. The van der Waals surface area contributed by atoms with Crippen molar-refractivity contribution < 1.29 is 14.1 Å². The summed E-state index contributed by atoms with van der Waals surface area (Å²) in [5.41, 5.74) is 4.01. The number of aryl methyl sites for hydroxylation is 1. The summed E-state index contributed by atoms with van der Waals surface area (Å²) in [6.07, 6.45) is 4.36. The number of furan rings is 1. The molecule has 40 heavy (non-hydrogen) atoms. The predicted octanol–water partition coefficient (Wildman–Crippen LogP) is 9.03. The van der Waals surface area contributed by atoms with E-state index in [0.717, 1.165) is 30.4 Å². The number of carbonyl (C=O) groups excluding carboxylic acids is 1. The number of aliphatic imine (C=N–C) groups is 1. The maximum atomic E-state index is 13.6. The van der Waals surface area contributed by atoms with Gasteiger partial charge in [0, 0.05) is 33.3 Å². The van der Waals surface area contributed by atoms with Crippen LogP contribution in [0.5, 0.6) is 0 Å². The fraction of sp³-hybridized carbons (Fsp3) is 0.290. The van der Waals surface area contributed by atoms with Gasteiger partial charge in [-0.15, -0.1) is 11.3 Å². The first-order valence-corrected chi connectivity index (χ1v) is 14.3. The van der Waals surface area contributed by atoms with E-state index in [0.29, 0.717) is 44.3 Å². The maximum absolute atomic E-state index is 13.6. The van der Waals surface area contributed by atoms with Crippen LogP contribution in [0.25, 0.3) is 11.3 Å². The molecule has 1 N–H and O–H groups in total. The molecule has 206 valence electrons. The lowest BCUT2D eigenvalue weighted by atomic mass is 9.72. The van der Waals surface area contributed by atoms with Crippen molar-refractivity contribution in [3.8, 4) is 11.3 Å². The minimum Gasteiger partial charge on any atom is -0.455 e. The number of nitrogens with zero attached hydrogens (tertiary/aromatic N) is 2. The first-order chi connectivity index (χ1) is 19.0. The van der Waals surface area contributed by atoms with Crippen LogP contribution in [-0.4, -0.2) is 17.0 Å². The highest BCUT2D eigenvalue weighted by Gasteiger charge is 2.33. The highest BCUT2D eigenvalue weighted by Crippen LogP contribution is 2.45. The highest BCUT2D eigenvalue weighted by molar-refractivity contribution is 7.16. The number of hydrogen-bond acceptors (Lipinski definition) is 6. The molecule has 0 spiro atoms. The second-order valence-corrected chi connectivity index (χ2v) is 12.7. The van der Waals surface area contributed by atoms with Gasteiger partial charge in [0.15, 0.2) is 0 Å². The van der Waals surface area contributed by atoms with E-state index >= 15 is 0 Å². The molecule has 0 unspecified atom stereocenters. The average Bonchev–Trinajstić information content (AvgIpc) is 3.52. The van der Waals surface area contributed by atoms with Crippen LogP contribution in [-0.2, 0) is 12.8 Å². The molecule has 4 aromatic rings. The van der Waals surface area contributed by atoms with E-state index in [9.17, 15) is 14.9 Å². The standard InChI is InChI=1S/C31H30ClN3O4S/c1-18-5-11-22(35(37)38)16-25(18)26-14-12-23(39-26)17-33-30-28(29(36)34-21-9-7-20(32)8-10-21)24-13-6-19(31(2,3)4)15-27(24)40-30/h5,7-12,14,16-17,19H,6,13,15H2,1-4H3,(H,34,36)/t19-/m1/s1. The minimum atomic E-state index is -0.423. The van der Waals surface area contributed by atoms with Gasteiger partial charge >= 0.3 is 0 Å². The van der Waals surface area contributed by atoms with Gasteiger partial charge in [0.2, 0.25) is 0 Å². The quantitative estimate of drug-likeness (QED) is 0.141. The van der Waals surface area contributed by atoms with Gasteiger partial charge in [0.1, 0.15) is 16.5 Å². The van der Waals surface area contributed by atoms with E-state index < -0.39 is 4.92 Å². The number of benzene rings is 2. The van der Waals surface area contributed by atoms with Gasteiger partial charge in [-0.3, -0.25) is 14.9 Å². The summed E-state index contributed by atoms with van der Waals surface area (Å²) in [7, 11) is 0. The van der Waals surface area contributed by atoms with Gasteiger partial charge in [-0.1, -0.05) is 38.4 Å². The molecule has 1 amide bonds. The van der Waals surface area contributed by atoms with Crippen LogP contribution < -0.4 is 5.32 Å². The number of rotatable bonds is 6. The van der Waals surface area contributed by atoms with Crippen molar-refractivity contribution in [3.63, 3.8) is 0 Å². The molecule has 0 radical (unpaired) electrons. The number of carbonyl (C=O) groups is 1. The van der Waals surface area contributed by atoms with Gasteiger partial charge in [0.25, 0.3) is 11.6 Å². The molecule has 5 rings (SSSR count). The fourth-order valence-electron chi connectivity index (χ4n) is 5.04. The van der Waals surface area contributed by atoms with E-state index in [-0.39, 0.29) is 17.0 Å². The van der Waals surface area contributed by atoms with Crippen molar-refractivity contribution in [2.75, 3.05) is 5.32 Å². The van der Waals surface area contributed by atoms with Crippen LogP contribution >= 0.6 is 22.9 Å². The van der Waals surface area contributed by atoms with Crippen molar-refractivity contribution in [3.05, 3.63) is 97.1 Å². The second kappa shape index (κ2) is 11.0. The Kier molecular flexibility index (Phi) is 7.66. The Balaban J connectivity index is 1.47. The molecule has 9 heteroatoms. The Hall–Kier alpha value is -3.75. The Labute approximate surface area is 242 Å². The summed E-state index contributed by atoms with van der Waals surface area (Å²) in [4.78, 5) is 30.3. The van der Waals surface area contributed by atoms with Gasteiger partial charge < -0.3 is 9.73 Å². The second-order valence-electron chi connectivity index (χ2n) is 11.2. The van der Waals surface area contributed by atoms with Gasteiger partial charge in [-0.05, 0) is 85.0 Å². The topological polar surface area (TPSA) is 97.7 Å². The van der Waals surface area contributed by atoms with Crippen LogP contribution in [0.4, 0.5) is 16.4 Å². The number of non-ortho nitro benzene ring substituents is 1. The van der Waals surface area contributed by atoms with Crippen LogP contribution in [0.15, 0.2) is 64.0 Å². The zero-order valence-corrected chi connectivity index (χ0v) is 24.4. The molecule has 1 aliphatic rings. The molecule has 0 saturated heterocycles. The van der Waals surface area contributed by atoms with Crippen LogP contribution in [0, 0.1) is 28.4 Å². The number of nitro benzene ring substituents is 1. The first kappa shape index (κ1) is 27.8. The molecule has 1 atom stereocenters. The molecular formula is C31H30ClN3O4S. The lowest BCUT2D eigenvalue weighted by Gasteiger charge is -2.33. The molecule has 2 heterocycles. The van der Waals surface area contributed by atoms with E-state index in [1.807, 2.05) is 6.92 Å². The lowest BCUT2D eigenvalue weighted by molar-refractivity contribution is -0.384. The number of amides is 1. The third-order valence-corrected chi connectivity index (χ3v) is 8.85. The normalized spacial score (nSPS) is 15.3. The van der Waals surface area contributed by atoms with Crippen molar-refractivity contribution >= 4 is 51.4 Å². The summed E-state index contributed by atoms with van der Waals surface area (Å²) in [6, 6.07) is 15.3. The van der Waals surface area contributed by atoms with Crippen molar-refractivity contribution in [1.82, 2.24) is 0 Å². The summed E-state index contributed by atoms with van der Waals surface area (Å²) in [5, 5.41) is 15.5. The SMILES string of the molecule is Cc1ccc([N+](=O)[O-])cc1-c1ccc(C=Nc2sc3c(c2C(=O)Nc2ccc(Cl)cc2)CC[C@@H](C(C)(C)C)C3)o1. The van der Waals surface area contributed by atoms with Crippen molar-refractivity contribution in [2.45, 2.75) is 47.0 Å². The molecule has 0 bridgehead atoms. The number of fused-ring (bicyclic) bond motifs is 1. The van der Waals surface area contributed by atoms with E-state index in [2.05, 4.69) is 26.1 Å². The van der Waals surface area contributed by atoms with E-state index in [4.69, 9.17) is 21.0 Å². The summed E-state index contributed by atoms with van der Waals surface area (Å²) >= 11 is 7.58. The van der Waals surface area contributed by atoms with Gasteiger partial charge in [-0.2, -0.15) is 0 Å². The summed E-state index contributed by atoms with van der Waals surface area (Å²) in [5.74, 6) is 1.33. The van der Waals surface area contributed by atoms with E-state index in [1.165, 1.54) is 17.0 Å². The zero-order chi connectivity index (χ0) is 28.6. The minimum absolute atomic E-state index is 0.00119. The molecule has 2 aromatic carbocycles. The lowest BCUT2D eigenvalue weighted by Crippen LogP contribution is -2.27. The van der Waals surface area contributed by atoms with Gasteiger partial charge in [0.05, 0.1) is 16.7 Å². The van der Waals surface area contributed by atoms with Crippen molar-refractivity contribution in [2.24, 2.45) is 16.3 Å². The molecule has 0 saturated carbocycles. The van der Waals surface area contributed by atoms with E-state index in [1.54, 1.807) is 60.0 Å². The van der Waals surface area contributed by atoms with Crippen LogP contribution in [0.1, 0.15) is 59.3 Å². The highest BCUT2D eigenvalue weighted by atomic mass is 35.5. The molecule has 1 aliphatic carbocycles. The largest absolute Gasteiger partial charge is 0.455 e. The number of halogens is 1. The molecular weight excluding hydrogens is 546 g/mol. The number of nitro groups is 1. The molecule has 7 nitrogen and oxygen atoms in total. The van der Waals surface area contributed by atoms with Gasteiger partial charge in [-0.25, -0.2) is 4.99 Å². The summed E-state index contributed by atoms with van der Waals surface area (Å²) < 4.78 is 6.00.